The second kappa shape index (κ2) is 15.1. The molecule has 0 aliphatic heterocycles. The largest absolute Gasteiger partial charge is 0.255 e. The Morgan fingerprint density at radius 1 is 0.429 bits per heavy atom. The Balaban J connectivity index is 1.29. The molecule has 6 aromatic rings. The van der Waals surface area contributed by atoms with Crippen molar-refractivity contribution in [3.63, 3.8) is 0 Å². The molecular weight excluding hydrogens is 597 g/mol. The monoisotopic (exact) mass is 642 g/mol. The molecule has 246 valence electrons. The minimum atomic E-state index is -0.0270. The van der Waals surface area contributed by atoms with Crippen molar-refractivity contribution in [2.75, 3.05) is 0 Å². The maximum atomic E-state index is 4.83. The van der Waals surface area contributed by atoms with Crippen LogP contribution < -0.4 is 0 Å². The minimum Gasteiger partial charge on any atom is -0.255 e. The molecule has 0 amide bonds. The zero-order valence-electron chi connectivity index (χ0n) is 28.9. The summed E-state index contributed by atoms with van der Waals surface area (Å²) in [7, 11) is 0. The number of aromatic nitrogens is 4. The van der Waals surface area contributed by atoms with E-state index in [1.54, 1.807) is 0 Å². The zero-order valence-corrected chi connectivity index (χ0v) is 28.9. The number of pyridine rings is 4. The Morgan fingerprint density at radius 3 is 1.27 bits per heavy atom. The molecule has 1 aliphatic rings. The van der Waals surface area contributed by atoms with Gasteiger partial charge >= 0.3 is 0 Å². The van der Waals surface area contributed by atoms with Gasteiger partial charge in [0.25, 0.3) is 0 Å². The molecule has 0 spiro atoms. The van der Waals surface area contributed by atoms with Gasteiger partial charge in [0.1, 0.15) is 0 Å². The van der Waals surface area contributed by atoms with Crippen LogP contribution in [0.1, 0.15) is 89.2 Å². The lowest BCUT2D eigenvalue weighted by Crippen LogP contribution is -2.25. The first-order chi connectivity index (χ1) is 24.2. The van der Waals surface area contributed by atoms with E-state index >= 15 is 0 Å². The Kier molecular flexibility index (Phi) is 10.0. The van der Waals surface area contributed by atoms with Crippen LogP contribution in [0.4, 0.5) is 0 Å². The van der Waals surface area contributed by atoms with E-state index in [9.17, 15) is 0 Å². The van der Waals surface area contributed by atoms with Crippen molar-refractivity contribution in [3.05, 3.63) is 133 Å². The summed E-state index contributed by atoms with van der Waals surface area (Å²) in [6, 6.07) is 34.8. The van der Waals surface area contributed by atoms with Gasteiger partial charge in [0.15, 0.2) is 0 Å². The van der Waals surface area contributed by atoms with Crippen LogP contribution in [0.3, 0.4) is 0 Å². The summed E-state index contributed by atoms with van der Waals surface area (Å²) in [5.74, 6) is 0. The van der Waals surface area contributed by atoms with Gasteiger partial charge in [-0.1, -0.05) is 114 Å². The predicted octanol–water partition coefficient (Wildman–Crippen LogP) is 12.1. The molecule has 1 aliphatic carbocycles. The van der Waals surface area contributed by atoms with Gasteiger partial charge in [-0.3, -0.25) is 19.9 Å². The molecular formula is C45H46N4. The molecule has 49 heavy (non-hydrogen) atoms. The standard InChI is InChI=1S/C45H46N4/c1-3-5-7-11-25-45(26-12-8-6-4-2)39-29-33(35-19-23-43(48-31-35)41-15-9-13-27-46-41)17-21-37(39)38-22-18-34(30-40(38)45)36-20-24-44(49-32-36)42-16-10-14-28-47-42/h9-10,13-24,27-32H,3-8,11-12,25-26H2,1-2H3. The Labute approximate surface area is 291 Å². The van der Waals surface area contributed by atoms with Gasteiger partial charge in [-0.2, -0.15) is 0 Å². The minimum absolute atomic E-state index is 0.0270. The zero-order chi connectivity index (χ0) is 33.5. The van der Waals surface area contributed by atoms with Gasteiger partial charge in [0.2, 0.25) is 0 Å². The van der Waals surface area contributed by atoms with Gasteiger partial charge in [0.05, 0.1) is 22.8 Å². The first-order valence-electron chi connectivity index (χ1n) is 18.3. The van der Waals surface area contributed by atoms with Crippen molar-refractivity contribution in [1.82, 2.24) is 19.9 Å². The molecule has 0 fully saturated rings. The first kappa shape index (κ1) is 32.6. The van der Waals surface area contributed by atoms with E-state index in [1.165, 1.54) is 97.6 Å². The fourth-order valence-electron chi connectivity index (χ4n) is 7.69. The molecule has 0 radical (unpaired) electrons. The highest BCUT2D eigenvalue weighted by Crippen LogP contribution is 2.55. The Morgan fingerprint density at radius 2 is 0.878 bits per heavy atom. The van der Waals surface area contributed by atoms with Gasteiger partial charge in [-0.25, -0.2) is 0 Å². The van der Waals surface area contributed by atoms with Crippen molar-refractivity contribution in [1.29, 1.82) is 0 Å². The molecule has 0 unspecified atom stereocenters. The highest BCUT2D eigenvalue weighted by atomic mass is 14.8. The summed E-state index contributed by atoms with van der Waals surface area (Å²) < 4.78 is 0. The fraction of sp³-hybridized carbons (Fsp3) is 0.289. The van der Waals surface area contributed by atoms with Crippen molar-refractivity contribution in [2.24, 2.45) is 0 Å². The van der Waals surface area contributed by atoms with Gasteiger partial charge in [0, 0.05) is 41.3 Å². The molecule has 0 atom stereocenters. The molecule has 0 bridgehead atoms. The third-order valence-corrected chi connectivity index (χ3v) is 10.3. The average molecular weight is 643 g/mol. The van der Waals surface area contributed by atoms with Crippen molar-refractivity contribution in [3.8, 4) is 56.2 Å². The third kappa shape index (κ3) is 6.83. The molecule has 4 aromatic heterocycles. The molecule has 0 saturated heterocycles. The molecule has 4 nitrogen and oxygen atoms in total. The van der Waals surface area contributed by atoms with Crippen LogP contribution in [0.2, 0.25) is 0 Å². The smallest absolute Gasteiger partial charge is 0.0886 e. The summed E-state index contributed by atoms with van der Waals surface area (Å²) in [4.78, 5) is 18.7. The molecule has 0 saturated carbocycles. The lowest BCUT2D eigenvalue weighted by Gasteiger charge is -2.33. The van der Waals surface area contributed by atoms with Crippen LogP contribution in [0, 0.1) is 0 Å². The molecule has 7 rings (SSSR count). The third-order valence-electron chi connectivity index (χ3n) is 10.3. The van der Waals surface area contributed by atoms with E-state index in [1.807, 2.05) is 61.2 Å². The first-order valence-corrected chi connectivity index (χ1v) is 18.3. The van der Waals surface area contributed by atoms with E-state index in [2.05, 4.69) is 84.5 Å². The summed E-state index contributed by atoms with van der Waals surface area (Å²) in [6.45, 7) is 4.61. The number of hydrogen-bond acceptors (Lipinski definition) is 4. The van der Waals surface area contributed by atoms with Crippen molar-refractivity contribution in [2.45, 2.75) is 83.5 Å². The highest BCUT2D eigenvalue weighted by Gasteiger charge is 2.42. The van der Waals surface area contributed by atoms with E-state index in [0.717, 1.165) is 33.9 Å². The molecule has 4 heterocycles. The number of hydrogen-bond donors (Lipinski definition) is 0. The van der Waals surface area contributed by atoms with E-state index in [-0.39, 0.29) is 5.41 Å². The number of unbranched alkanes of at least 4 members (excludes halogenated alkanes) is 6. The Hall–Kier alpha value is -4.96. The van der Waals surface area contributed by atoms with Crippen LogP contribution >= 0.6 is 0 Å². The summed E-state index contributed by atoms with van der Waals surface area (Å²) in [5, 5.41) is 0. The number of rotatable bonds is 14. The molecule has 0 N–H and O–H groups in total. The number of benzene rings is 2. The highest BCUT2D eigenvalue weighted by molar-refractivity contribution is 5.86. The van der Waals surface area contributed by atoms with E-state index in [0.29, 0.717) is 0 Å². The fourth-order valence-corrected chi connectivity index (χ4v) is 7.69. The van der Waals surface area contributed by atoms with Crippen LogP contribution in [-0.2, 0) is 5.41 Å². The van der Waals surface area contributed by atoms with Gasteiger partial charge < -0.3 is 0 Å². The van der Waals surface area contributed by atoms with Gasteiger partial charge in [-0.05, 0) is 94.8 Å². The van der Waals surface area contributed by atoms with Crippen molar-refractivity contribution >= 4 is 0 Å². The predicted molar refractivity (Wildman–Crippen MR) is 203 cm³/mol. The summed E-state index contributed by atoms with van der Waals surface area (Å²) in [5.41, 5.74) is 14.1. The number of fused-ring (bicyclic) bond motifs is 3. The lowest BCUT2D eigenvalue weighted by molar-refractivity contribution is 0.401. The second-order valence-electron chi connectivity index (χ2n) is 13.5. The van der Waals surface area contributed by atoms with E-state index < -0.39 is 0 Å². The van der Waals surface area contributed by atoms with Crippen LogP contribution in [0.25, 0.3) is 56.2 Å². The van der Waals surface area contributed by atoms with Crippen LogP contribution in [-0.4, -0.2) is 19.9 Å². The topological polar surface area (TPSA) is 51.6 Å². The van der Waals surface area contributed by atoms with E-state index in [4.69, 9.17) is 9.97 Å². The quantitative estimate of drug-likeness (QED) is 0.111. The molecule has 2 aromatic carbocycles. The normalized spacial score (nSPS) is 12.9. The number of nitrogens with zero attached hydrogens (tertiary/aromatic N) is 4. The lowest BCUT2D eigenvalue weighted by atomic mass is 9.70. The SMILES string of the molecule is CCCCCCC1(CCCCCC)c2cc(-c3ccc(-c4ccccn4)nc3)ccc2-c2ccc(-c3ccc(-c4ccccn4)nc3)cc21. The maximum absolute atomic E-state index is 4.83. The summed E-state index contributed by atoms with van der Waals surface area (Å²) >= 11 is 0. The molecule has 4 heteroatoms. The van der Waals surface area contributed by atoms with Crippen LogP contribution in [0.15, 0.2) is 122 Å². The van der Waals surface area contributed by atoms with Crippen LogP contribution in [0.5, 0.6) is 0 Å². The Bertz CT molecular complexity index is 1820. The second-order valence-corrected chi connectivity index (χ2v) is 13.5. The average Bonchev–Trinajstić information content (AvgIpc) is 3.44. The summed E-state index contributed by atoms with van der Waals surface area (Å²) in [6.07, 6.45) is 20.1. The van der Waals surface area contributed by atoms with Gasteiger partial charge in [-0.15, -0.1) is 0 Å². The van der Waals surface area contributed by atoms with Crippen molar-refractivity contribution < 1.29 is 0 Å². The maximum Gasteiger partial charge on any atom is 0.0886 e.